The average Bonchev–Trinajstić information content (AvgIpc) is 3.14. The highest BCUT2D eigenvalue weighted by Crippen LogP contribution is 2.22. The average molecular weight is 460 g/mol. The predicted octanol–water partition coefficient (Wildman–Crippen LogP) is 4.85. The fourth-order valence-electron chi connectivity index (χ4n) is 3.90. The Balaban J connectivity index is 1.29. The molecule has 4 nitrogen and oxygen atoms in total. The number of rotatable bonds is 6. The van der Waals surface area contributed by atoms with E-state index >= 15 is 0 Å². The minimum Gasteiger partial charge on any atom is -0.348 e. The molecule has 0 saturated carbocycles. The Morgan fingerprint density at radius 3 is 2.44 bits per heavy atom. The van der Waals surface area contributed by atoms with Crippen LogP contribution in [0.1, 0.15) is 44.3 Å². The molecule has 1 saturated heterocycles. The Hall–Kier alpha value is -2.71. The van der Waals surface area contributed by atoms with Crippen LogP contribution in [0.25, 0.3) is 0 Å². The van der Waals surface area contributed by atoms with Gasteiger partial charge in [-0.3, -0.25) is 9.69 Å². The van der Waals surface area contributed by atoms with E-state index in [1.165, 1.54) is 29.5 Å². The third-order valence-electron chi connectivity index (χ3n) is 5.63. The van der Waals surface area contributed by atoms with Crippen molar-refractivity contribution in [3.05, 3.63) is 86.6 Å². The number of thiazole rings is 1. The molecule has 8 heteroatoms. The summed E-state index contributed by atoms with van der Waals surface area (Å²) in [6.45, 7) is 3.91. The van der Waals surface area contributed by atoms with Crippen LogP contribution in [0.2, 0.25) is 0 Å². The van der Waals surface area contributed by atoms with Crippen molar-refractivity contribution in [2.45, 2.75) is 38.8 Å². The molecule has 2 aromatic carbocycles. The Bertz CT molecular complexity index is 1090. The van der Waals surface area contributed by atoms with E-state index in [2.05, 4.69) is 15.2 Å². The lowest BCUT2D eigenvalue weighted by Gasteiger charge is -2.32. The summed E-state index contributed by atoms with van der Waals surface area (Å²) in [7, 11) is 0. The maximum Gasteiger partial charge on any atom is 0.263 e. The van der Waals surface area contributed by atoms with E-state index in [1.54, 1.807) is 18.2 Å². The van der Waals surface area contributed by atoms with Gasteiger partial charge in [-0.1, -0.05) is 18.2 Å². The molecule has 1 N–H and O–H groups in total. The number of aryl methyl sites for hydroxylation is 1. The second kappa shape index (κ2) is 9.83. The number of likely N-dealkylation sites (tertiary alicyclic amines) is 1. The highest BCUT2D eigenvalue weighted by atomic mass is 32.1. The molecular formula is C24H24F3N3OS. The van der Waals surface area contributed by atoms with Gasteiger partial charge >= 0.3 is 0 Å². The molecule has 32 heavy (non-hydrogen) atoms. The number of aromatic nitrogens is 1. The number of carbonyl (C=O) groups is 1. The first-order chi connectivity index (χ1) is 15.4. The number of piperidine rings is 1. The van der Waals surface area contributed by atoms with E-state index < -0.39 is 11.6 Å². The van der Waals surface area contributed by atoms with Gasteiger partial charge in [0.2, 0.25) is 0 Å². The van der Waals surface area contributed by atoms with Crippen molar-refractivity contribution in [1.82, 2.24) is 15.2 Å². The first-order valence-electron chi connectivity index (χ1n) is 10.6. The number of carbonyl (C=O) groups excluding carboxylic acids is 1. The number of hydrogen-bond acceptors (Lipinski definition) is 4. The molecule has 0 bridgehead atoms. The molecule has 168 valence electrons. The Labute approximate surface area is 189 Å². The van der Waals surface area contributed by atoms with Crippen LogP contribution in [0.3, 0.4) is 0 Å². The van der Waals surface area contributed by atoms with Gasteiger partial charge in [-0.05, 0) is 55.2 Å². The SMILES string of the molecule is Cc1nc(Cc2ccc(F)cc2)sc1C(=O)NC1CCN(Cc2ccc(F)c(F)c2)CC1. The molecule has 0 atom stereocenters. The van der Waals surface area contributed by atoms with Gasteiger partial charge in [-0.15, -0.1) is 11.3 Å². The van der Waals surface area contributed by atoms with Crippen LogP contribution in [0.5, 0.6) is 0 Å². The molecule has 1 aliphatic heterocycles. The predicted molar refractivity (Wildman–Crippen MR) is 118 cm³/mol. The quantitative estimate of drug-likeness (QED) is 0.573. The van der Waals surface area contributed by atoms with Crippen molar-refractivity contribution in [3.8, 4) is 0 Å². The topological polar surface area (TPSA) is 45.2 Å². The third kappa shape index (κ3) is 5.55. The van der Waals surface area contributed by atoms with Gasteiger partial charge in [0.25, 0.3) is 5.91 Å². The maximum atomic E-state index is 13.4. The van der Waals surface area contributed by atoms with Crippen molar-refractivity contribution in [2.75, 3.05) is 13.1 Å². The summed E-state index contributed by atoms with van der Waals surface area (Å²) in [6.07, 6.45) is 2.13. The standard InChI is InChI=1S/C24H24F3N3OS/c1-15-23(32-22(28-15)13-16-2-5-18(25)6-3-16)24(31)29-19-8-10-30(11-9-19)14-17-4-7-20(26)21(27)12-17/h2-7,12,19H,8-11,13-14H2,1H3,(H,29,31). The highest BCUT2D eigenvalue weighted by Gasteiger charge is 2.23. The van der Waals surface area contributed by atoms with Crippen molar-refractivity contribution < 1.29 is 18.0 Å². The molecule has 0 radical (unpaired) electrons. The molecule has 1 amide bonds. The Morgan fingerprint density at radius 2 is 1.75 bits per heavy atom. The minimum absolute atomic E-state index is 0.0609. The summed E-state index contributed by atoms with van der Waals surface area (Å²) < 4.78 is 39.6. The van der Waals surface area contributed by atoms with E-state index in [4.69, 9.17) is 0 Å². The number of amides is 1. The van der Waals surface area contributed by atoms with E-state index in [9.17, 15) is 18.0 Å². The smallest absolute Gasteiger partial charge is 0.263 e. The van der Waals surface area contributed by atoms with E-state index in [1.807, 2.05) is 6.92 Å². The molecular weight excluding hydrogens is 435 g/mol. The van der Waals surface area contributed by atoms with Gasteiger partial charge in [0.1, 0.15) is 10.7 Å². The summed E-state index contributed by atoms with van der Waals surface area (Å²) >= 11 is 1.37. The van der Waals surface area contributed by atoms with Crippen LogP contribution in [-0.2, 0) is 13.0 Å². The summed E-state index contributed by atoms with van der Waals surface area (Å²) in [5.41, 5.74) is 2.38. The largest absolute Gasteiger partial charge is 0.348 e. The van der Waals surface area contributed by atoms with Gasteiger partial charge in [0, 0.05) is 32.1 Å². The second-order valence-corrected chi connectivity index (χ2v) is 9.18. The molecule has 1 aliphatic rings. The lowest BCUT2D eigenvalue weighted by molar-refractivity contribution is 0.0912. The van der Waals surface area contributed by atoms with Crippen LogP contribution in [-0.4, -0.2) is 34.9 Å². The van der Waals surface area contributed by atoms with Gasteiger partial charge in [-0.2, -0.15) is 0 Å². The zero-order chi connectivity index (χ0) is 22.7. The van der Waals surface area contributed by atoms with Crippen LogP contribution in [0.4, 0.5) is 13.2 Å². The van der Waals surface area contributed by atoms with Crippen LogP contribution in [0.15, 0.2) is 42.5 Å². The first-order valence-corrected chi connectivity index (χ1v) is 11.4. The number of nitrogens with one attached hydrogen (secondary N) is 1. The van der Waals surface area contributed by atoms with Gasteiger partial charge < -0.3 is 5.32 Å². The van der Waals surface area contributed by atoms with Crippen LogP contribution in [0, 0.1) is 24.4 Å². The minimum atomic E-state index is -0.839. The monoisotopic (exact) mass is 459 g/mol. The third-order valence-corrected chi connectivity index (χ3v) is 6.78. The molecule has 1 aromatic heterocycles. The van der Waals surface area contributed by atoms with Gasteiger partial charge in [0.15, 0.2) is 11.6 Å². The molecule has 0 spiro atoms. The molecule has 2 heterocycles. The zero-order valence-electron chi connectivity index (χ0n) is 17.7. The van der Waals surface area contributed by atoms with Crippen molar-refractivity contribution in [2.24, 2.45) is 0 Å². The maximum absolute atomic E-state index is 13.4. The number of hydrogen-bond donors (Lipinski definition) is 1. The summed E-state index contributed by atoms with van der Waals surface area (Å²) in [6, 6.07) is 10.3. The molecule has 0 aliphatic carbocycles. The highest BCUT2D eigenvalue weighted by molar-refractivity contribution is 7.13. The number of halogens is 3. The first kappa shape index (κ1) is 22.5. The van der Waals surface area contributed by atoms with E-state index in [0.29, 0.717) is 23.5 Å². The van der Waals surface area contributed by atoms with Crippen molar-refractivity contribution in [1.29, 1.82) is 0 Å². The van der Waals surface area contributed by atoms with Gasteiger partial charge in [0.05, 0.1) is 10.7 Å². The molecule has 3 aromatic rings. The molecule has 1 fully saturated rings. The normalized spacial score (nSPS) is 15.1. The molecule has 4 rings (SSSR count). The van der Waals surface area contributed by atoms with Crippen molar-refractivity contribution >= 4 is 17.2 Å². The summed E-state index contributed by atoms with van der Waals surface area (Å²) in [5, 5.41) is 3.93. The zero-order valence-corrected chi connectivity index (χ0v) is 18.5. The fraction of sp³-hybridized carbons (Fsp3) is 0.333. The summed E-state index contributed by atoms with van der Waals surface area (Å²) in [5.74, 6) is -2.07. The van der Waals surface area contributed by atoms with Gasteiger partial charge in [-0.25, -0.2) is 18.2 Å². The second-order valence-electron chi connectivity index (χ2n) is 8.10. The van der Waals surface area contributed by atoms with E-state index in [0.717, 1.165) is 48.1 Å². The van der Waals surface area contributed by atoms with E-state index in [-0.39, 0.29) is 17.8 Å². The lowest BCUT2D eigenvalue weighted by Crippen LogP contribution is -2.44. The Morgan fingerprint density at radius 1 is 1.06 bits per heavy atom. The lowest BCUT2D eigenvalue weighted by atomic mass is 10.0. The fourth-order valence-corrected chi connectivity index (χ4v) is 4.90. The number of nitrogens with zero attached hydrogens (tertiary/aromatic N) is 2. The van der Waals surface area contributed by atoms with Crippen LogP contribution >= 0.6 is 11.3 Å². The van der Waals surface area contributed by atoms with Crippen LogP contribution < -0.4 is 5.32 Å². The van der Waals surface area contributed by atoms with Crippen molar-refractivity contribution in [3.63, 3.8) is 0 Å². The number of benzene rings is 2. The molecule has 0 unspecified atom stereocenters. The summed E-state index contributed by atoms with van der Waals surface area (Å²) in [4.78, 5) is 20.1. The Kier molecular flexibility index (Phi) is 6.91.